The number of halogens is 1. The topological polar surface area (TPSA) is 60.2 Å². The summed E-state index contributed by atoms with van der Waals surface area (Å²) in [6.45, 7) is 0. The molecule has 0 aliphatic carbocycles. The number of hydrogen-bond acceptors (Lipinski definition) is 2. The first-order chi connectivity index (χ1) is 4.16. The van der Waals surface area contributed by atoms with E-state index in [-0.39, 0.29) is 11.1 Å². The van der Waals surface area contributed by atoms with Gasteiger partial charge in [0.2, 0.25) is 5.78 Å². The smallest absolute Gasteiger partial charge is 0.293 e. The third-order valence-electron chi connectivity index (χ3n) is 0.446. The number of alkyl halides is 1. The lowest BCUT2D eigenvalue weighted by molar-refractivity contribution is -0.114. The zero-order valence-electron chi connectivity index (χ0n) is 4.48. The summed E-state index contributed by atoms with van der Waals surface area (Å²) in [6.07, 6.45) is 0. The van der Waals surface area contributed by atoms with Gasteiger partial charge in [0.25, 0.3) is 5.91 Å². The Balaban J connectivity index is 3.88. The van der Waals surface area contributed by atoms with E-state index in [0.717, 1.165) is 0 Å². The number of hydrogen-bond donors (Lipinski definition) is 1. The molecular formula is C5H4BrNO2. The summed E-state index contributed by atoms with van der Waals surface area (Å²) in [5.74, 6) is 2.79. The van der Waals surface area contributed by atoms with E-state index >= 15 is 0 Å². The monoisotopic (exact) mass is 189 g/mol. The number of ketones is 1. The van der Waals surface area contributed by atoms with Gasteiger partial charge in [-0.3, -0.25) is 9.59 Å². The van der Waals surface area contributed by atoms with E-state index in [2.05, 4.69) is 21.7 Å². The van der Waals surface area contributed by atoms with Crippen LogP contribution in [0.5, 0.6) is 0 Å². The molecule has 0 aromatic rings. The first kappa shape index (κ1) is 8.18. The predicted octanol–water partition coefficient (Wildman–Crippen LogP) is -0.561. The van der Waals surface area contributed by atoms with Gasteiger partial charge in [0, 0.05) is 5.92 Å². The van der Waals surface area contributed by atoms with Crippen LogP contribution in [0.15, 0.2) is 0 Å². The van der Waals surface area contributed by atoms with Crippen LogP contribution in [0.3, 0.4) is 0 Å². The maximum atomic E-state index is 10.3. The standard InChI is InChI=1S/C5H4BrNO2/c6-3-4(8)1-2-5(7)9/h3H2,(H2,7,9). The number of rotatable bonds is 1. The molecule has 0 heterocycles. The number of primary amides is 1. The molecule has 0 unspecified atom stereocenters. The van der Waals surface area contributed by atoms with Crippen molar-refractivity contribution in [1.82, 2.24) is 0 Å². The van der Waals surface area contributed by atoms with Crippen LogP contribution in [0.25, 0.3) is 0 Å². The van der Waals surface area contributed by atoms with Gasteiger partial charge in [-0.2, -0.15) is 0 Å². The normalized spacial score (nSPS) is 7.22. The van der Waals surface area contributed by atoms with Gasteiger partial charge in [-0.15, -0.1) is 0 Å². The third-order valence-corrected chi connectivity index (χ3v) is 0.956. The summed E-state index contributed by atoms with van der Waals surface area (Å²) in [5, 5.41) is 0.132. The van der Waals surface area contributed by atoms with Crippen LogP contribution < -0.4 is 5.73 Å². The largest absolute Gasteiger partial charge is 0.359 e. The fourth-order valence-electron chi connectivity index (χ4n) is 0.165. The van der Waals surface area contributed by atoms with Crippen LogP contribution in [-0.2, 0) is 9.59 Å². The first-order valence-electron chi connectivity index (χ1n) is 2.07. The molecule has 4 heteroatoms. The summed E-state index contributed by atoms with van der Waals surface area (Å²) < 4.78 is 0. The molecular weight excluding hydrogens is 186 g/mol. The van der Waals surface area contributed by atoms with Crippen LogP contribution in [0.1, 0.15) is 0 Å². The van der Waals surface area contributed by atoms with E-state index < -0.39 is 5.91 Å². The summed E-state index contributed by atoms with van der Waals surface area (Å²) in [5.41, 5.74) is 4.62. The van der Waals surface area contributed by atoms with E-state index in [9.17, 15) is 9.59 Å². The molecule has 0 atom stereocenters. The Morgan fingerprint density at radius 1 is 1.44 bits per heavy atom. The molecule has 0 aromatic heterocycles. The van der Waals surface area contributed by atoms with E-state index in [1.54, 1.807) is 0 Å². The highest BCUT2D eigenvalue weighted by atomic mass is 79.9. The van der Waals surface area contributed by atoms with Crippen molar-refractivity contribution in [2.75, 3.05) is 5.33 Å². The lowest BCUT2D eigenvalue weighted by atomic mass is 10.4. The molecule has 0 spiro atoms. The van der Waals surface area contributed by atoms with Gasteiger partial charge in [0.15, 0.2) is 0 Å². The van der Waals surface area contributed by atoms with Crippen molar-refractivity contribution in [3.63, 3.8) is 0 Å². The van der Waals surface area contributed by atoms with Crippen molar-refractivity contribution in [1.29, 1.82) is 0 Å². The Morgan fingerprint density at radius 2 is 2.00 bits per heavy atom. The Morgan fingerprint density at radius 3 is 2.33 bits per heavy atom. The second-order valence-electron chi connectivity index (χ2n) is 1.17. The lowest BCUT2D eigenvalue weighted by Gasteiger charge is -1.74. The highest BCUT2D eigenvalue weighted by molar-refractivity contribution is 9.09. The molecule has 1 amide bonds. The molecule has 48 valence electrons. The predicted molar refractivity (Wildman–Crippen MR) is 35.8 cm³/mol. The Kier molecular flexibility index (Phi) is 3.72. The maximum absolute atomic E-state index is 10.3. The SMILES string of the molecule is NC(=O)C#CC(=O)CBr. The highest BCUT2D eigenvalue weighted by Crippen LogP contribution is 1.78. The third kappa shape index (κ3) is 5.04. The fourth-order valence-corrected chi connectivity index (χ4v) is 0.305. The second-order valence-corrected chi connectivity index (χ2v) is 1.73. The molecule has 0 aliphatic rings. The molecule has 0 radical (unpaired) electrons. The van der Waals surface area contributed by atoms with Crippen molar-refractivity contribution in [2.24, 2.45) is 5.73 Å². The molecule has 0 aliphatic heterocycles. The van der Waals surface area contributed by atoms with Gasteiger partial charge in [-0.1, -0.05) is 15.9 Å². The second kappa shape index (κ2) is 4.10. The maximum Gasteiger partial charge on any atom is 0.293 e. The average molecular weight is 190 g/mol. The summed E-state index contributed by atoms with van der Waals surface area (Å²) in [7, 11) is 0. The molecule has 9 heavy (non-hydrogen) atoms. The zero-order valence-corrected chi connectivity index (χ0v) is 6.06. The number of carbonyl (C=O) groups excluding carboxylic acids is 2. The van der Waals surface area contributed by atoms with Gasteiger partial charge in [-0.05, 0) is 5.92 Å². The van der Waals surface area contributed by atoms with E-state index in [4.69, 9.17) is 0 Å². The van der Waals surface area contributed by atoms with E-state index in [0.29, 0.717) is 0 Å². The fraction of sp³-hybridized carbons (Fsp3) is 0.200. The summed E-state index contributed by atoms with van der Waals surface area (Å²) in [4.78, 5) is 20.2. The van der Waals surface area contributed by atoms with Crippen LogP contribution in [-0.4, -0.2) is 17.0 Å². The quantitative estimate of drug-likeness (QED) is 0.342. The minimum Gasteiger partial charge on any atom is -0.359 e. The first-order valence-corrected chi connectivity index (χ1v) is 3.19. The Bertz CT molecular complexity index is 189. The van der Waals surface area contributed by atoms with Crippen molar-refractivity contribution in [3.05, 3.63) is 0 Å². The number of nitrogens with two attached hydrogens (primary N) is 1. The molecule has 0 saturated heterocycles. The highest BCUT2D eigenvalue weighted by Gasteiger charge is 1.89. The van der Waals surface area contributed by atoms with Gasteiger partial charge in [-0.25, -0.2) is 0 Å². The molecule has 0 rings (SSSR count). The minimum absolute atomic E-state index is 0.132. The van der Waals surface area contributed by atoms with Crippen molar-refractivity contribution >= 4 is 27.6 Å². The van der Waals surface area contributed by atoms with Gasteiger partial charge >= 0.3 is 0 Å². The number of carbonyl (C=O) groups is 2. The molecule has 3 nitrogen and oxygen atoms in total. The van der Waals surface area contributed by atoms with Gasteiger partial charge < -0.3 is 5.73 Å². The number of amides is 1. The molecule has 0 aromatic carbocycles. The summed E-state index contributed by atoms with van der Waals surface area (Å²) >= 11 is 2.86. The van der Waals surface area contributed by atoms with Crippen LogP contribution in [0.4, 0.5) is 0 Å². The molecule has 0 bridgehead atoms. The van der Waals surface area contributed by atoms with Gasteiger partial charge in [0.1, 0.15) is 0 Å². The van der Waals surface area contributed by atoms with Crippen molar-refractivity contribution in [2.45, 2.75) is 0 Å². The number of Topliss-reactive ketones (excluding diaryl/α,β-unsaturated/α-hetero) is 1. The Labute approximate surface area is 60.7 Å². The van der Waals surface area contributed by atoms with E-state index in [1.807, 2.05) is 11.8 Å². The lowest BCUT2D eigenvalue weighted by Crippen LogP contribution is -2.07. The minimum atomic E-state index is -0.788. The van der Waals surface area contributed by atoms with Crippen molar-refractivity contribution < 1.29 is 9.59 Å². The van der Waals surface area contributed by atoms with Gasteiger partial charge in [0.05, 0.1) is 5.33 Å². The van der Waals surface area contributed by atoms with Crippen LogP contribution in [0.2, 0.25) is 0 Å². The zero-order chi connectivity index (χ0) is 7.28. The molecule has 0 saturated carbocycles. The van der Waals surface area contributed by atoms with Crippen LogP contribution >= 0.6 is 15.9 Å². The van der Waals surface area contributed by atoms with Crippen LogP contribution in [0, 0.1) is 11.8 Å². The van der Waals surface area contributed by atoms with E-state index in [1.165, 1.54) is 0 Å². The molecule has 2 N–H and O–H groups in total. The Hall–Kier alpha value is -0.820. The van der Waals surface area contributed by atoms with Crippen molar-refractivity contribution in [3.8, 4) is 11.8 Å². The average Bonchev–Trinajstić information content (AvgIpc) is 1.83. The molecule has 0 fully saturated rings. The summed E-state index contributed by atoms with van der Waals surface area (Å²) in [6, 6.07) is 0.